The van der Waals surface area contributed by atoms with Crippen molar-refractivity contribution in [3.05, 3.63) is 60.7 Å². The Kier molecular flexibility index (Phi) is 11.7. The number of primary amides is 1. The summed E-state index contributed by atoms with van der Waals surface area (Å²) in [6.07, 6.45) is 2.65. The molecule has 0 aliphatic rings. The average Bonchev–Trinajstić information content (AvgIpc) is 2.82. The molecule has 0 radical (unpaired) electrons. The second-order valence-corrected chi connectivity index (χ2v) is 8.26. The number of hydrogen-bond donors (Lipinski definition) is 3. The standard InChI is InChI=1S/C25H37N5O4/c1-6-17(2)15-22(29(4)18(3)31)24(33)28-20(13-10-14-26)25(34)30(5)21(23(27)32)16-19-11-8-7-9-12-19/h6-9,11-12,20-22H,1-2,10,13-16,26H2,3-5H3,(H2,27,32)(H,28,33). The van der Waals surface area contributed by atoms with Gasteiger partial charge in [0.2, 0.25) is 23.6 Å². The Morgan fingerprint density at radius 1 is 1.09 bits per heavy atom. The van der Waals surface area contributed by atoms with Crippen LogP contribution in [0, 0.1) is 0 Å². The maximum Gasteiger partial charge on any atom is 0.245 e. The third kappa shape index (κ3) is 8.47. The quantitative estimate of drug-likeness (QED) is 0.344. The Labute approximate surface area is 201 Å². The minimum absolute atomic E-state index is 0.164. The van der Waals surface area contributed by atoms with Crippen molar-refractivity contribution in [3.63, 3.8) is 0 Å². The number of carbonyl (C=O) groups excluding carboxylic acids is 4. The van der Waals surface area contributed by atoms with Crippen molar-refractivity contribution in [2.45, 2.75) is 50.7 Å². The Hall–Kier alpha value is -3.46. The molecular weight excluding hydrogens is 434 g/mol. The SMILES string of the molecule is C=CC(=C)CC(C(=O)NC(CCCN)C(=O)N(C)C(Cc1ccccc1)C(N)=O)N(C)C(C)=O. The number of benzene rings is 1. The van der Waals surface area contributed by atoms with Gasteiger partial charge < -0.3 is 26.6 Å². The van der Waals surface area contributed by atoms with Gasteiger partial charge in [0, 0.05) is 33.9 Å². The van der Waals surface area contributed by atoms with Crippen LogP contribution in [0.15, 0.2) is 55.1 Å². The summed E-state index contributed by atoms with van der Waals surface area (Å²) < 4.78 is 0. The van der Waals surface area contributed by atoms with Gasteiger partial charge in [-0.05, 0) is 24.9 Å². The molecule has 0 aromatic heterocycles. The van der Waals surface area contributed by atoms with Crippen LogP contribution in [-0.2, 0) is 25.6 Å². The van der Waals surface area contributed by atoms with Crippen LogP contribution in [0.1, 0.15) is 31.7 Å². The summed E-state index contributed by atoms with van der Waals surface area (Å²) in [7, 11) is 3.00. The number of nitrogens with zero attached hydrogens (tertiary/aromatic N) is 2. The molecule has 186 valence electrons. The van der Waals surface area contributed by atoms with Crippen molar-refractivity contribution < 1.29 is 19.2 Å². The number of likely N-dealkylation sites (N-methyl/N-ethyl adjacent to an activating group) is 2. The van der Waals surface area contributed by atoms with E-state index in [-0.39, 0.29) is 25.2 Å². The van der Waals surface area contributed by atoms with Gasteiger partial charge in [0.1, 0.15) is 18.1 Å². The van der Waals surface area contributed by atoms with Gasteiger partial charge in [0.25, 0.3) is 0 Å². The highest BCUT2D eigenvalue weighted by atomic mass is 16.2. The number of hydrogen-bond acceptors (Lipinski definition) is 5. The highest BCUT2D eigenvalue weighted by Crippen LogP contribution is 2.14. The number of rotatable bonds is 14. The molecule has 9 heteroatoms. The zero-order chi connectivity index (χ0) is 25.8. The Morgan fingerprint density at radius 2 is 1.71 bits per heavy atom. The van der Waals surface area contributed by atoms with Gasteiger partial charge in [0.05, 0.1) is 0 Å². The van der Waals surface area contributed by atoms with Crippen molar-refractivity contribution in [3.8, 4) is 0 Å². The summed E-state index contributed by atoms with van der Waals surface area (Å²) in [5.41, 5.74) is 12.7. The van der Waals surface area contributed by atoms with E-state index in [2.05, 4.69) is 18.5 Å². The fourth-order valence-electron chi connectivity index (χ4n) is 3.47. The predicted octanol–water partition coefficient (Wildman–Crippen LogP) is 0.744. The third-order valence-electron chi connectivity index (χ3n) is 5.74. The van der Waals surface area contributed by atoms with Crippen LogP contribution in [0.2, 0.25) is 0 Å². The number of allylic oxidation sites excluding steroid dienone is 1. The first-order valence-corrected chi connectivity index (χ1v) is 11.2. The first-order chi connectivity index (χ1) is 16.0. The second kappa shape index (κ2) is 13.9. The molecule has 0 aliphatic heterocycles. The van der Waals surface area contributed by atoms with Crippen LogP contribution in [0.4, 0.5) is 0 Å². The summed E-state index contributed by atoms with van der Waals surface area (Å²) in [5, 5.41) is 2.75. The Bertz CT molecular complexity index is 887. The van der Waals surface area contributed by atoms with E-state index in [1.54, 1.807) is 0 Å². The zero-order valence-corrected chi connectivity index (χ0v) is 20.3. The normalized spacial score (nSPS) is 13.2. The number of nitrogens with one attached hydrogen (secondary N) is 1. The summed E-state index contributed by atoms with van der Waals surface area (Å²) in [6.45, 7) is 9.15. The fraction of sp³-hybridized carbons (Fsp3) is 0.440. The average molecular weight is 472 g/mol. The second-order valence-electron chi connectivity index (χ2n) is 8.26. The number of nitrogens with two attached hydrogens (primary N) is 2. The molecule has 3 unspecified atom stereocenters. The van der Waals surface area contributed by atoms with E-state index in [4.69, 9.17) is 11.5 Å². The smallest absolute Gasteiger partial charge is 0.245 e. The predicted molar refractivity (Wildman–Crippen MR) is 132 cm³/mol. The molecule has 0 fully saturated rings. The molecule has 1 aromatic carbocycles. The first kappa shape index (κ1) is 28.6. The molecular formula is C25H37N5O4. The van der Waals surface area contributed by atoms with Crippen LogP contribution in [-0.4, -0.2) is 72.2 Å². The molecule has 4 amide bonds. The molecule has 1 rings (SSSR count). The van der Waals surface area contributed by atoms with Gasteiger partial charge in [0.15, 0.2) is 0 Å². The molecule has 1 aromatic rings. The van der Waals surface area contributed by atoms with Gasteiger partial charge >= 0.3 is 0 Å². The fourth-order valence-corrected chi connectivity index (χ4v) is 3.47. The van der Waals surface area contributed by atoms with E-state index in [9.17, 15) is 19.2 Å². The van der Waals surface area contributed by atoms with E-state index in [0.717, 1.165) is 5.56 Å². The van der Waals surface area contributed by atoms with Crippen molar-refractivity contribution in [1.82, 2.24) is 15.1 Å². The van der Waals surface area contributed by atoms with Crippen LogP contribution >= 0.6 is 0 Å². The molecule has 0 saturated heterocycles. The van der Waals surface area contributed by atoms with E-state index in [1.807, 2.05) is 30.3 Å². The topological polar surface area (TPSA) is 139 Å². The highest BCUT2D eigenvalue weighted by Gasteiger charge is 2.33. The minimum atomic E-state index is -0.946. The first-order valence-electron chi connectivity index (χ1n) is 11.2. The molecule has 0 saturated carbocycles. The minimum Gasteiger partial charge on any atom is -0.368 e. The lowest BCUT2D eigenvalue weighted by atomic mass is 10.0. The van der Waals surface area contributed by atoms with Crippen molar-refractivity contribution in [2.24, 2.45) is 11.5 Å². The molecule has 3 atom stereocenters. The lowest BCUT2D eigenvalue weighted by Crippen LogP contribution is -2.57. The summed E-state index contributed by atoms with van der Waals surface area (Å²) in [5.74, 6) is -1.94. The van der Waals surface area contributed by atoms with Crippen molar-refractivity contribution in [1.29, 1.82) is 0 Å². The van der Waals surface area contributed by atoms with E-state index >= 15 is 0 Å². The maximum atomic E-state index is 13.4. The molecule has 9 nitrogen and oxygen atoms in total. The molecule has 34 heavy (non-hydrogen) atoms. The molecule has 5 N–H and O–H groups in total. The van der Waals surface area contributed by atoms with Gasteiger partial charge in [-0.1, -0.05) is 55.1 Å². The van der Waals surface area contributed by atoms with Crippen molar-refractivity contribution in [2.75, 3.05) is 20.6 Å². The van der Waals surface area contributed by atoms with Crippen LogP contribution < -0.4 is 16.8 Å². The van der Waals surface area contributed by atoms with Gasteiger partial charge in [-0.3, -0.25) is 19.2 Å². The lowest BCUT2D eigenvalue weighted by molar-refractivity contribution is -0.143. The van der Waals surface area contributed by atoms with Gasteiger partial charge in [-0.25, -0.2) is 0 Å². The molecule has 0 bridgehead atoms. The summed E-state index contributed by atoms with van der Waals surface area (Å²) in [6, 6.07) is 6.49. The highest BCUT2D eigenvalue weighted by molar-refractivity contribution is 5.94. The Balaban J connectivity index is 3.14. The molecule has 0 spiro atoms. The third-order valence-corrected chi connectivity index (χ3v) is 5.74. The monoisotopic (exact) mass is 471 g/mol. The van der Waals surface area contributed by atoms with E-state index in [1.165, 1.54) is 36.9 Å². The molecule has 0 heterocycles. The van der Waals surface area contributed by atoms with Crippen LogP contribution in [0.5, 0.6) is 0 Å². The molecule has 0 aliphatic carbocycles. The number of amides is 4. The van der Waals surface area contributed by atoms with Crippen LogP contribution in [0.25, 0.3) is 0 Å². The Morgan fingerprint density at radius 3 is 2.21 bits per heavy atom. The van der Waals surface area contributed by atoms with Crippen molar-refractivity contribution >= 4 is 23.6 Å². The lowest BCUT2D eigenvalue weighted by Gasteiger charge is -2.32. The largest absolute Gasteiger partial charge is 0.368 e. The zero-order valence-electron chi connectivity index (χ0n) is 20.3. The van der Waals surface area contributed by atoms with Gasteiger partial charge in [-0.15, -0.1) is 0 Å². The summed E-state index contributed by atoms with van der Waals surface area (Å²) >= 11 is 0. The van der Waals surface area contributed by atoms with E-state index < -0.39 is 35.8 Å². The van der Waals surface area contributed by atoms with Gasteiger partial charge in [-0.2, -0.15) is 0 Å². The number of carbonyl (C=O) groups is 4. The van der Waals surface area contributed by atoms with Crippen LogP contribution in [0.3, 0.4) is 0 Å². The summed E-state index contributed by atoms with van der Waals surface area (Å²) in [4.78, 5) is 53.2. The van der Waals surface area contributed by atoms with E-state index in [0.29, 0.717) is 18.5 Å². The maximum absolute atomic E-state index is 13.4.